The zero-order valence-corrected chi connectivity index (χ0v) is 17.8. The summed E-state index contributed by atoms with van der Waals surface area (Å²) in [4.78, 5) is 20.6. The number of nitrogens with one attached hydrogen (secondary N) is 2. The number of aliphatic hydroxyl groups is 2. The quantitative estimate of drug-likeness (QED) is 0.328. The number of halogens is 3. The minimum absolute atomic E-state index is 0.0312. The van der Waals surface area contributed by atoms with Gasteiger partial charge in [-0.2, -0.15) is 23.3 Å². The van der Waals surface area contributed by atoms with Crippen LogP contribution < -0.4 is 10.6 Å². The highest BCUT2D eigenvalue weighted by atomic mass is 19.4. The normalized spacial score (nSPS) is 16.6. The molecule has 0 saturated heterocycles. The lowest BCUT2D eigenvalue weighted by atomic mass is 10.0. The highest BCUT2D eigenvalue weighted by molar-refractivity contribution is 5.96. The maximum absolute atomic E-state index is 13.5. The molecule has 0 aliphatic carbocycles. The Hall–Kier alpha value is -4.01. The molecule has 35 heavy (non-hydrogen) atoms. The van der Waals surface area contributed by atoms with Crippen LogP contribution in [0.4, 0.5) is 13.2 Å². The molecule has 2 unspecified atom stereocenters. The number of hydrogen-bond donors (Lipinski definition) is 5. The van der Waals surface area contributed by atoms with Crippen molar-refractivity contribution < 1.29 is 38.0 Å². The van der Waals surface area contributed by atoms with Crippen molar-refractivity contribution in [3.05, 3.63) is 59.7 Å². The summed E-state index contributed by atoms with van der Waals surface area (Å²) in [5, 5.41) is 37.8. The van der Waals surface area contributed by atoms with Gasteiger partial charge in [-0.05, 0) is 18.2 Å². The standard InChI is InChI=1S/C21H19F3N6O5/c22-21(23,24)13-4-2-1-3-12(13)14-5-6-16-28-20(34)18(30(16)29-14)19(33)27-15-7-25-8-17(26-15)35-10-11(32)9-31/h1-8,11,17,26,31-32,34H,9-10H2,(H,27,33). The summed E-state index contributed by atoms with van der Waals surface area (Å²) in [6.45, 7) is -0.707. The average molecular weight is 492 g/mol. The number of ether oxygens (including phenoxy) is 1. The number of aromatic hydroxyl groups is 1. The van der Waals surface area contributed by atoms with Gasteiger partial charge in [-0.3, -0.25) is 9.79 Å². The Balaban J connectivity index is 1.60. The number of carbonyl (C=O) groups is 1. The highest BCUT2D eigenvalue weighted by Gasteiger charge is 2.34. The lowest BCUT2D eigenvalue weighted by Crippen LogP contribution is -2.43. The molecule has 1 aliphatic heterocycles. The van der Waals surface area contributed by atoms with Crippen LogP contribution in [-0.2, 0) is 10.9 Å². The molecule has 0 saturated carbocycles. The van der Waals surface area contributed by atoms with Crippen LogP contribution in [0.1, 0.15) is 16.1 Å². The summed E-state index contributed by atoms with van der Waals surface area (Å²) in [5.74, 6) is -1.50. The molecule has 2 aromatic heterocycles. The number of amides is 1. The van der Waals surface area contributed by atoms with Crippen molar-refractivity contribution >= 4 is 17.8 Å². The molecule has 3 aromatic rings. The third-order valence-corrected chi connectivity index (χ3v) is 4.83. The summed E-state index contributed by atoms with van der Waals surface area (Å²) in [6.07, 6.45) is -3.98. The van der Waals surface area contributed by atoms with Gasteiger partial charge in [0.1, 0.15) is 11.9 Å². The molecule has 2 atom stereocenters. The van der Waals surface area contributed by atoms with Gasteiger partial charge in [0.15, 0.2) is 17.6 Å². The van der Waals surface area contributed by atoms with E-state index in [9.17, 15) is 28.2 Å². The second-order valence-electron chi connectivity index (χ2n) is 7.35. The molecule has 184 valence electrons. The maximum Gasteiger partial charge on any atom is 0.417 e. The number of alkyl halides is 3. The van der Waals surface area contributed by atoms with Crippen LogP contribution in [0.15, 0.2) is 53.4 Å². The summed E-state index contributed by atoms with van der Waals surface area (Å²) in [6, 6.07) is 7.47. The van der Waals surface area contributed by atoms with Gasteiger partial charge in [0.2, 0.25) is 5.88 Å². The van der Waals surface area contributed by atoms with Gasteiger partial charge >= 0.3 is 6.18 Å². The van der Waals surface area contributed by atoms with Crippen LogP contribution in [0.25, 0.3) is 16.9 Å². The second-order valence-corrected chi connectivity index (χ2v) is 7.35. The lowest BCUT2D eigenvalue weighted by Gasteiger charge is -2.22. The molecule has 4 rings (SSSR count). The number of aliphatic hydroxyl groups excluding tert-OH is 2. The van der Waals surface area contributed by atoms with E-state index in [4.69, 9.17) is 9.84 Å². The van der Waals surface area contributed by atoms with E-state index in [1.807, 2.05) is 0 Å². The van der Waals surface area contributed by atoms with Gasteiger partial charge in [0.25, 0.3) is 5.91 Å². The zero-order chi connectivity index (χ0) is 25.2. The summed E-state index contributed by atoms with van der Waals surface area (Å²) >= 11 is 0. The predicted molar refractivity (Wildman–Crippen MR) is 115 cm³/mol. The number of imidazole rings is 1. The number of aromatic nitrogens is 3. The SMILES string of the molecule is O=C(NC1=CN=CC(OCC(O)CO)N1)c1c(O)nc2ccc(-c3ccccc3C(F)(F)F)nn12. The van der Waals surface area contributed by atoms with Crippen LogP contribution >= 0.6 is 0 Å². The van der Waals surface area contributed by atoms with Crippen LogP contribution in [0.5, 0.6) is 5.88 Å². The van der Waals surface area contributed by atoms with E-state index in [1.165, 1.54) is 42.7 Å². The topological polar surface area (TPSA) is 154 Å². The number of benzene rings is 1. The number of fused-ring (bicyclic) bond motifs is 1. The molecule has 0 bridgehead atoms. The van der Waals surface area contributed by atoms with Gasteiger partial charge in [-0.25, -0.2) is 4.52 Å². The molecular formula is C21H19F3N6O5. The Morgan fingerprint density at radius 1 is 1.26 bits per heavy atom. The Labute approximate surface area is 195 Å². The fraction of sp³-hybridized carbons (Fsp3) is 0.238. The molecule has 14 heteroatoms. The summed E-state index contributed by atoms with van der Waals surface area (Å²) in [7, 11) is 0. The summed E-state index contributed by atoms with van der Waals surface area (Å²) in [5.41, 5.74) is -1.60. The van der Waals surface area contributed by atoms with E-state index in [-0.39, 0.29) is 29.3 Å². The zero-order valence-electron chi connectivity index (χ0n) is 17.8. The van der Waals surface area contributed by atoms with E-state index in [0.717, 1.165) is 10.6 Å². The summed E-state index contributed by atoms with van der Waals surface area (Å²) < 4.78 is 46.6. The predicted octanol–water partition coefficient (Wildman–Crippen LogP) is 1.02. The van der Waals surface area contributed by atoms with Gasteiger partial charge in [-0.1, -0.05) is 18.2 Å². The smallest absolute Gasteiger partial charge is 0.417 e. The van der Waals surface area contributed by atoms with Crippen molar-refractivity contribution in [1.82, 2.24) is 25.2 Å². The van der Waals surface area contributed by atoms with Crippen molar-refractivity contribution in [2.75, 3.05) is 13.2 Å². The molecule has 1 amide bonds. The number of nitrogens with zero attached hydrogens (tertiary/aromatic N) is 4. The van der Waals surface area contributed by atoms with Crippen molar-refractivity contribution in [2.45, 2.75) is 18.5 Å². The minimum atomic E-state index is -4.63. The first-order valence-electron chi connectivity index (χ1n) is 10.1. The molecule has 11 nitrogen and oxygen atoms in total. The number of rotatable bonds is 7. The van der Waals surface area contributed by atoms with Crippen molar-refractivity contribution in [3.63, 3.8) is 0 Å². The van der Waals surface area contributed by atoms with Crippen molar-refractivity contribution in [1.29, 1.82) is 0 Å². The van der Waals surface area contributed by atoms with Crippen molar-refractivity contribution in [2.24, 2.45) is 4.99 Å². The van der Waals surface area contributed by atoms with Crippen LogP contribution in [0.3, 0.4) is 0 Å². The third kappa shape index (κ3) is 5.24. The molecule has 0 radical (unpaired) electrons. The first-order chi connectivity index (χ1) is 16.7. The molecule has 0 fully saturated rings. The Bertz CT molecular complexity index is 1310. The van der Waals surface area contributed by atoms with Crippen LogP contribution in [0, 0.1) is 0 Å². The Kier molecular flexibility index (Phi) is 6.68. The minimum Gasteiger partial charge on any atom is -0.492 e. The Morgan fingerprint density at radius 3 is 2.77 bits per heavy atom. The third-order valence-electron chi connectivity index (χ3n) is 4.83. The van der Waals surface area contributed by atoms with E-state index in [2.05, 4.69) is 25.7 Å². The molecular weight excluding hydrogens is 473 g/mol. The fourth-order valence-electron chi connectivity index (χ4n) is 3.24. The molecule has 1 aromatic carbocycles. The molecule has 1 aliphatic rings. The first-order valence-corrected chi connectivity index (χ1v) is 10.1. The maximum atomic E-state index is 13.5. The van der Waals surface area contributed by atoms with Gasteiger partial charge < -0.3 is 30.7 Å². The lowest BCUT2D eigenvalue weighted by molar-refractivity contribution is -0.137. The van der Waals surface area contributed by atoms with Gasteiger partial charge in [-0.15, -0.1) is 0 Å². The first kappa shape index (κ1) is 24.1. The van der Waals surface area contributed by atoms with E-state index < -0.39 is 48.2 Å². The molecule has 5 N–H and O–H groups in total. The van der Waals surface area contributed by atoms with Gasteiger partial charge in [0, 0.05) is 5.56 Å². The van der Waals surface area contributed by atoms with Crippen LogP contribution in [-0.4, -0.2) is 67.6 Å². The van der Waals surface area contributed by atoms with Gasteiger partial charge in [0.05, 0.1) is 36.9 Å². The number of hydrogen-bond acceptors (Lipinski definition) is 9. The van der Waals surface area contributed by atoms with E-state index in [1.54, 1.807) is 0 Å². The second kappa shape index (κ2) is 9.69. The fourth-order valence-corrected chi connectivity index (χ4v) is 3.24. The number of carbonyl (C=O) groups excluding carboxylic acids is 1. The number of aliphatic imine (C=N–C) groups is 1. The highest BCUT2D eigenvalue weighted by Crippen LogP contribution is 2.36. The monoisotopic (exact) mass is 492 g/mol. The van der Waals surface area contributed by atoms with E-state index >= 15 is 0 Å². The average Bonchev–Trinajstić information content (AvgIpc) is 3.17. The molecule has 0 spiro atoms. The largest absolute Gasteiger partial charge is 0.492 e. The van der Waals surface area contributed by atoms with Crippen LogP contribution in [0.2, 0.25) is 0 Å². The van der Waals surface area contributed by atoms with E-state index in [0.29, 0.717) is 0 Å². The Morgan fingerprint density at radius 2 is 2.03 bits per heavy atom. The van der Waals surface area contributed by atoms with Crippen molar-refractivity contribution in [3.8, 4) is 17.1 Å². The molecule has 3 heterocycles.